The lowest BCUT2D eigenvalue weighted by Gasteiger charge is -2.13. The summed E-state index contributed by atoms with van der Waals surface area (Å²) >= 11 is 0. The molecular formula is C13H17NO3. The van der Waals surface area contributed by atoms with Crippen molar-refractivity contribution in [1.29, 1.82) is 0 Å². The van der Waals surface area contributed by atoms with Gasteiger partial charge in [0.1, 0.15) is 5.75 Å². The molecular weight excluding hydrogens is 218 g/mol. The summed E-state index contributed by atoms with van der Waals surface area (Å²) in [6.07, 6.45) is 0.481. The number of methoxy groups -OCH3 is 1. The largest absolute Gasteiger partial charge is 0.497 e. The highest BCUT2D eigenvalue weighted by Gasteiger charge is 2.22. The minimum atomic E-state index is -0.279. The zero-order valence-electron chi connectivity index (χ0n) is 9.93. The lowest BCUT2D eigenvalue weighted by molar-refractivity contribution is 0.0935. The Hall–Kier alpha value is -1.39. The van der Waals surface area contributed by atoms with E-state index in [4.69, 9.17) is 4.74 Å². The first-order valence-corrected chi connectivity index (χ1v) is 5.76. The van der Waals surface area contributed by atoms with E-state index >= 15 is 0 Å². The van der Waals surface area contributed by atoms with Gasteiger partial charge in [-0.1, -0.05) is 0 Å². The number of benzene rings is 1. The van der Waals surface area contributed by atoms with Crippen LogP contribution in [0.25, 0.3) is 0 Å². The molecule has 0 bridgehead atoms. The summed E-state index contributed by atoms with van der Waals surface area (Å²) in [6.45, 7) is 1.77. The molecule has 0 radical (unpaired) electrons. The summed E-state index contributed by atoms with van der Waals surface area (Å²) in [5.41, 5.74) is 0.687. The second kappa shape index (κ2) is 5.29. The molecule has 1 fully saturated rings. The van der Waals surface area contributed by atoms with Crippen LogP contribution in [0.2, 0.25) is 0 Å². The number of carbonyl (C=O) groups is 1. The number of rotatable bonds is 4. The highest BCUT2D eigenvalue weighted by atomic mass is 16.5. The normalized spacial score (nSPS) is 20.5. The summed E-state index contributed by atoms with van der Waals surface area (Å²) in [4.78, 5) is 13.9. The molecule has 1 atom stereocenters. The van der Waals surface area contributed by atoms with E-state index in [0.717, 1.165) is 18.7 Å². The molecule has 1 N–H and O–H groups in total. The van der Waals surface area contributed by atoms with E-state index < -0.39 is 0 Å². The van der Waals surface area contributed by atoms with E-state index in [1.807, 2.05) is 4.90 Å². The van der Waals surface area contributed by atoms with Crippen LogP contribution in [-0.2, 0) is 0 Å². The summed E-state index contributed by atoms with van der Waals surface area (Å²) in [5, 5.41) is 9.38. The first kappa shape index (κ1) is 12.1. The standard InChI is InChI=1S/C13H17NO3/c1-17-12-4-2-10(3-5-12)13(16)9-14-7-6-11(15)8-14/h2-5,11,15H,6-9H2,1H3/t11-/m1/s1. The summed E-state index contributed by atoms with van der Waals surface area (Å²) in [7, 11) is 1.60. The maximum Gasteiger partial charge on any atom is 0.176 e. The second-order valence-corrected chi connectivity index (χ2v) is 4.33. The average molecular weight is 235 g/mol. The van der Waals surface area contributed by atoms with E-state index in [0.29, 0.717) is 18.7 Å². The third-order valence-electron chi connectivity index (χ3n) is 3.03. The maximum atomic E-state index is 11.9. The molecule has 4 nitrogen and oxygen atoms in total. The lowest BCUT2D eigenvalue weighted by atomic mass is 10.1. The van der Waals surface area contributed by atoms with Crippen LogP contribution in [-0.4, -0.2) is 48.6 Å². The van der Waals surface area contributed by atoms with Crippen molar-refractivity contribution in [2.45, 2.75) is 12.5 Å². The third-order valence-corrected chi connectivity index (χ3v) is 3.03. The van der Waals surface area contributed by atoms with Crippen LogP contribution in [0.4, 0.5) is 0 Å². The number of aliphatic hydroxyl groups excluding tert-OH is 1. The second-order valence-electron chi connectivity index (χ2n) is 4.33. The van der Waals surface area contributed by atoms with E-state index in [1.54, 1.807) is 31.4 Å². The van der Waals surface area contributed by atoms with Crippen molar-refractivity contribution in [3.05, 3.63) is 29.8 Å². The number of likely N-dealkylation sites (tertiary alicyclic amines) is 1. The highest BCUT2D eigenvalue weighted by molar-refractivity contribution is 5.97. The molecule has 1 aliphatic rings. The number of ether oxygens (including phenoxy) is 1. The van der Waals surface area contributed by atoms with Gasteiger partial charge in [0.05, 0.1) is 19.8 Å². The van der Waals surface area contributed by atoms with E-state index in [9.17, 15) is 9.90 Å². The number of β-amino-alcohol motifs (C(OH)–C–C–N with tert-alkyl or cyclic N) is 1. The van der Waals surface area contributed by atoms with E-state index in [-0.39, 0.29) is 11.9 Å². The molecule has 2 rings (SSSR count). The van der Waals surface area contributed by atoms with Gasteiger partial charge in [0.25, 0.3) is 0 Å². The van der Waals surface area contributed by atoms with Crippen molar-refractivity contribution < 1.29 is 14.6 Å². The molecule has 0 aliphatic carbocycles. The molecule has 1 aromatic rings. The predicted molar refractivity (Wildman–Crippen MR) is 64.4 cm³/mol. The Kier molecular flexibility index (Phi) is 3.76. The van der Waals surface area contributed by atoms with Crippen molar-refractivity contribution in [2.75, 3.05) is 26.7 Å². The summed E-state index contributed by atoms with van der Waals surface area (Å²) in [6, 6.07) is 7.11. The number of carbonyl (C=O) groups excluding carboxylic acids is 1. The van der Waals surface area contributed by atoms with Crippen LogP contribution in [0, 0.1) is 0 Å². The van der Waals surface area contributed by atoms with Gasteiger partial charge in [0.15, 0.2) is 5.78 Å². The van der Waals surface area contributed by atoms with E-state index in [2.05, 4.69) is 0 Å². The van der Waals surface area contributed by atoms with Crippen LogP contribution in [0.3, 0.4) is 0 Å². The van der Waals surface area contributed by atoms with Crippen molar-refractivity contribution >= 4 is 5.78 Å². The van der Waals surface area contributed by atoms with Gasteiger partial charge in [-0.25, -0.2) is 0 Å². The number of nitrogens with zero attached hydrogens (tertiary/aromatic N) is 1. The van der Waals surface area contributed by atoms with E-state index in [1.165, 1.54) is 0 Å². The Balaban J connectivity index is 1.94. The molecule has 17 heavy (non-hydrogen) atoms. The SMILES string of the molecule is COc1ccc(C(=O)CN2CC[C@@H](O)C2)cc1. The topological polar surface area (TPSA) is 49.8 Å². The minimum absolute atomic E-state index is 0.0850. The number of aliphatic hydroxyl groups is 1. The van der Waals surface area contributed by atoms with Crippen molar-refractivity contribution in [3.8, 4) is 5.75 Å². The van der Waals surface area contributed by atoms with Gasteiger partial charge in [-0.15, -0.1) is 0 Å². The molecule has 1 saturated heterocycles. The van der Waals surface area contributed by atoms with Gasteiger partial charge in [-0.05, 0) is 30.7 Å². The summed E-state index contributed by atoms with van der Waals surface area (Å²) in [5.74, 6) is 0.833. The number of ketones is 1. The lowest BCUT2D eigenvalue weighted by Crippen LogP contribution is -2.28. The maximum absolute atomic E-state index is 11.9. The Labute approximate surface area is 101 Å². The monoisotopic (exact) mass is 235 g/mol. The first-order chi connectivity index (χ1) is 8.19. The molecule has 0 amide bonds. The van der Waals surface area contributed by atoms with Crippen LogP contribution in [0.15, 0.2) is 24.3 Å². The van der Waals surface area contributed by atoms with Crippen LogP contribution in [0.1, 0.15) is 16.8 Å². The Bertz CT molecular complexity index is 388. The zero-order valence-corrected chi connectivity index (χ0v) is 9.93. The zero-order chi connectivity index (χ0) is 12.3. The van der Waals surface area contributed by atoms with Gasteiger partial charge in [-0.3, -0.25) is 9.69 Å². The van der Waals surface area contributed by atoms with Gasteiger partial charge >= 0.3 is 0 Å². The molecule has 0 saturated carbocycles. The Morgan fingerprint density at radius 2 is 2.18 bits per heavy atom. The summed E-state index contributed by atoms with van der Waals surface area (Å²) < 4.78 is 5.04. The van der Waals surface area contributed by atoms with Crippen LogP contribution in [0.5, 0.6) is 5.75 Å². The van der Waals surface area contributed by atoms with Gasteiger partial charge in [0, 0.05) is 18.7 Å². The van der Waals surface area contributed by atoms with Crippen molar-refractivity contribution in [2.24, 2.45) is 0 Å². The smallest absolute Gasteiger partial charge is 0.176 e. The third kappa shape index (κ3) is 3.05. The fourth-order valence-corrected chi connectivity index (χ4v) is 2.03. The fraction of sp³-hybridized carbons (Fsp3) is 0.462. The van der Waals surface area contributed by atoms with Gasteiger partial charge in [0.2, 0.25) is 0 Å². The molecule has 0 aromatic heterocycles. The molecule has 92 valence electrons. The van der Waals surface area contributed by atoms with Gasteiger partial charge in [-0.2, -0.15) is 0 Å². The number of Topliss-reactive ketones (excluding diaryl/α,β-unsaturated/α-hetero) is 1. The van der Waals surface area contributed by atoms with Crippen molar-refractivity contribution in [1.82, 2.24) is 4.90 Å². The number of hydrogen-bond donors (Lipinski definition) is 1. The van der Waals surface area contributed by atoms with Crippen LogP contribution >= 0.6 is 0 Å². The Morgan fingerprint density at radius 1 is 1.47 bits per heavy atom. The Morgan fingerprint density at radius 3 is 2.71 bits per heavy atom. The van der Waals surface area contributed by atoms with Crippen LogP contribution < -0.4 is 4.74 Å². The van der Waals surface area contributed by atoms with Crippen molar-refractivity contribution in [3.63, 3.8) is 0 Å². The fourth-order valence-electron chi connectivity index (χ4n) is 2.03. The molecule has 1 aliphatic heterocycles. The minimum Gasteiger partial charge on any atom is -0.497 e. The average Bonchev–Trinajstić information content (AvgIpc) is 2.75. The van der Waals surface area contributed by atoms with Gasteiger partial charge < -0.3 is 9.84 Å². The number of hydrogen-bond acceptors (Lipinski definition) is 4. The quantitative estimate of drug-likeness (QED) is 0.789. The molecule has 0 spiro atoms. The first-order valence-electron chi connectivity index (χ1n) is 5.76. The molecule has 1 heterocycles. The molecule has 0 unspecified atom stereocenters. The highest BCUT2D eigenvalue weighted by Crippen LogP contribution is 2.14. The predicted octanol–water partition coefficient (Wildman–Crippen LogP) is 0.945. The molecule has 1 aromatic carbocycles. The molecule has 4 heteroatoms.